The highest BCUT2D eigenvalue weighted by Gasteiger charge is 2.01. The number of aromatic nitrogens is 1. The molecule has 0 bridgehead atoms. The van der Waals surface area contributed by atoms with Crippen molar-refractivity contribution in [3.05, 3.63) is 42.3 Å². The minimum atomic E-state index is 0.539. The van der Waals surface area contributed by atoms with Crippen LogP contribution in [0.1, 0.15) is 5.56 Å². The van der Waals surface area contributed by atoms with E-state index < -0.39 is 0 Å². The lowest BCUT2D eigenvalue weighted by Crippen LogP contribution is -1.78. The summed E-state index contributed by atoms with van der Waals surface area (Å²) in [7, 11) is 0. The summed E-state index contributed by atoms with van der Waals surface area (Å²) in [5, 5.41) is 8.66. The zero-order valence-electron chi connectivity index (χ0n) is 6.77. The van der Waals surface area contributed by atoms with Crippen molar-refractivity contribution in [2.24, 2.45) is 0 Å². The van der Waals surface area contributed by atoms with Crippen LogP contribution in [0.3, 0.4) is 0 Å². The van der Waals surface area contributed by atoms with Crippen LogP contribution in [0, 0.1) is 11.3 Å². The largest absolute Gasteiger partial charge is 0.445 e. The molecule has 3 heteroatoms. The quantitative estimate of drug-likeness (QED) is 0.659. The van der Waals surface area contributed by atoms with E-state index in [4.69, 9.17) is 9.68 Å². The molecule has 0 fully saturated rings. The van der Waals surface area contributed by atoms with Gasteiger partial charge in [-0.25, -0.2) is 4.98 Å². The fraction of sp³-hybridized carbons (Fsp3) is 0. The maximum absolute atomic E-state index is 8.66. The van der Waals surface area contributed by atoms with Crippen LogP contribution >= 0.6 is 0 Å². The summed E-state index contributed by atoms with van der Waals surface area (Å²) in [5.41, 5.74) is 1.43. The minimum Gasteiger partial charge on any atom is -0.445 e. The molecule has 2 rings (SSSR count). The van der Waals surface area contributed by atoms with Gasteiger partial charge in [0.1, 0.15) is 6.26 Å². The van der Waals surface area contributed by atoms with Crippen LogP contribution in [0.15, 0.2) is 41.1 Å². The lowest BCUT2D eigenvalue weighted by molar-refractivity contribution is 0.574. The normalized spacial score (nSPS) is 9.46. The minimum absolute atomic E-state index is 0.539. The van der Waals surface area contributed by atoms with Gasteiger partial charge < -0.3 is 4.42 Å². The fourth-order valence-electron chi connectivity index (χ4n) is 1.09. The highest BCUT2D eigenvalue weighted by molar-refractivity contribution is 5.55. The molecule has 13 heavy (non-hydrogen) atoms. The summed E-state index contributed by atoms with van der Waals surface area (Å²) in [6.07, 6.45) is 3.09. The van der Waals surface area contributed by atoms with E-state index in [-0.39, 0.29) is 0 Å². The molecule has 1 heterocycles. The molecule has 0 radical (unpaired) electrons. The molecule has 1 aromatic carbocycles. The first kappa shape index (κ1) is 7.56. The average molecular weight is 170 g/mol. The van der Waals surface area contributed by atoms with Gasteiger partial charge in [0, 0.05) is 5.56 Å². The van der Waals surface area contributed by atoms with E-state index in [1.807, 2.05) is 6.07 Å². The van der Waals surface area contributed by atoms with Crippen molar-refractivity contribution in [1.82, 2.24) is 4.98 Å². The predicted molar refractivity (Wildman–Crippen MR) is 46.7 cm³/mol. The Kier molecular flexibility index (Phi) is 1.81. The number of rotatable bonds is 1. The molecule has 0 amide bonds. The first-order valence-corrected chi connectivity index (χ1v) is 3.80. The van der Waals surface area contributed by atoms with Gasteiger partial charge in [0.15, 0.2) is 0 Å². The van der Waals surface area contributed by atoms with Gasteiger partial charge in [-0.15, -0.1) is 0 Å². The number of oxazole rings is 1. The SMILES string of the molecule is N#Cc1cccc(-c2ncco2)c1. The zero-order valence-corrected chi connectivity index (χ0v) is 6.77. The number of hydrogen-bond donors (Lipinski definition) is 0. The van der Waals surface area contributed by atoms with E-state index in [9.17, 15) is 0 Å². The Balaban J connectivity index is 2.49. The van der Waals surface area contributed by atoms with Crippen molar-refractivity contribution in [2.75, 3.05) is 0 Å². The maximum atomic E-state index is 8.66. The second-order valence-electron chi connectivity index (χ2n) is 2.53. The summed E-state index contributed by atoms with van der Waals surface area (Å²) < 4.78 is 5.10. The van der Waals surface area contributed by atoms with Crippen LogP contribution in [0.25, 0.3) is 11.5 Å². The molecular weight excluding hydrogens is 164 g/mol. The summed E-state index contributed by atoms with van der Waals surface area (Å²) in [4.78, 5) is 3.99. The van der Waals surface area contributed by atoms with Crippen LogP contribution in [0.5, 0.6) is 0 Å². The van der Waals surface area contributed by atoms with Crippen LogP contribution in [-0.2, 0) is 0 Å². The molecule has 0 unspecified atom stereocenters. The molecule has 2 aromatic rings. The third-order valence-electron chi connectivity index (χ3n) is 1.67. The van der Waals surface area contributed by atoms with E-state index in [0.717, 1.165) is 5.56 Å². The van der Waals surface area contributed by atoms with Gasteiger partial charge in [0.25, 0.3) is 0 Å². The van der Waals surface area contributed by atoms with Gasteiger partial charge in [-0.3, -0.25) is 0 Å². The van der Waals surface area contributed by atoms with Crippen molar-refractivity contribution in [3.63, 3.8) is 0 Å². The number of benzene rings is 1. The van der Waals surface area contributed by atoms with Crippen molar-refractivity contribution >= 4 is 0 Å². The summed E-state index contributed by atoms with van der Waals surface area (Å²) in [6, 6.07) is 9.20. The van der Waals surface area contributed by atoms with Crippen molar-refractivity contribution in [3.8, 4) is 17.5 Å². The van der Waals surface area contributed by atoms with Gasteiger partial charge in [0.2, 0.25) is 5.89 Å². The monoisotopic (exact) mass is 170 g/mol. The molecular formula is C10H6N2O. The molecule has 0 atom stereocenters. The van der Waals surface area contributed by atoms with E-state index in [1.54, 1.807) is 24.4 Å². The summed E-state index contributed by atoms with van der Waals surface area (Å²) >= 11 is 0. The van der Waals surface area contributed by atoms with Crippen molar-refractivity contribution in [1.29, 1.82) is 5.26 Å². The van der Waals surface area contributed by atoms with Crippen LogP contribution < -0.4 is 0 Å². The molecule has 1 aromatic heterocycles. The standard InChI is InChI=1S/C10H6N2O/c11-7-8-2-1-3-9(6-8)10-12-4-5-13-10/h1-6H. The highest BCUT2D eigenvalue weighted by Crippen LogP contribution is 2.17. The van der Waals surface area contributed by atoms with Crippen LogP contribution in [-0.4, -0.2) is 4.98 Å². The second kappa shape index (κ2) is 3.11. The van der Waals surface area contributed by atoms with Crippen LogP contribution in [0.4, 0.5) is 0 Å². The fourth-order valence-corrected chi connectivity index (χ4v) is 1.09. The Bertz CT molecular complexity index is 440. The highest BCUT2D eigenvalue weighted by atomic mass is 16.3. The van der Waals surface area contributed by atoms with Gasteiger partial charge in [-0.05, 0) is 18.2 Å². The molecule has 0 aliphatic rings. The first-order valence-electron chi connectivity index (χ1n) is 3.80. The second-order valence-corrected chi connectivity index (χ2v) is 2.53. The van der Waals surface area contributed by atoms with Gasteiger partial charge >= 0.3 is 0 Å². The topological polar surface area (TPSA) is 49.8 Å². The predicted octanol–water partition coefficient (Wildman–Crippen LogP) is 2.21. The first-order chi connectivity index (χ1) is 6.40. The number of nitrogens with zero attached hydrogens (tertiary/aromatic N) is 2. The molecule has 3 nitrogen and oxygen atoms in total. The molecule has 0 N–H and O–H groups in total. The summed E-state index contributed by atoms with van der Waals surface area (Å²) in [6.45, 7) is 0. The lowest BCUT2D eigenvalue weighted by Gasteiger charge is -1.94. The maximum Gasteiger partial charge on any atom is 0.225 e. The summed E-state index contributed by atoms with van der Waals surface area (Å²) in [5.74, 6) is 0.539. The molecule has 0 spiro atoms. The molecule has 0 aliphatic heterocycles. The Morgan fingerprint density at radius 3 is 3.00 bits per heavy atom. The number of nitriles is 1. The number of hydrogen-bond acceptors (Lipinski definition) is 3. The Morgan fingerprint density at radius 2 is 2.31 bits per heavy atom. The Morgan fingerprint density at radius 1 is 1.38 bits per heavy atom. The third kappa shape index (κ3) is 1.42. The van der Waals surface area contributed by atoms with E-state index >= 15 is 0 Å². The Labute approximate surface area is 75.3 Å². The van der Waals surface area contributed by atoms with Gasteiger partial charge in [-0.1, -0.05) is 6.07 Å². The molecule has 0 saturated carbocycles. The third-order valence-corrected chi connectivity index (χ3v) is 1.67. The molecule has 0 aliphatic carbocycles. The molecule has 62 valence electrons. The van der Waals surface area contributed by atoms with E-state index in [1.165, 1.54) is 6.26 Å². The Hall–Kier alpha value is -2.08. The van der Waals surface area contributed by atoms with Crippen molar-refractivity contribution in [2.45, 2.75) is 0 Å². The van der Waals surface area contributed by atoms with Gasteiger partial charge in [0.05, 0.1) is 17.8 Å². The lowest BCUT2D eigenvalue weighted by atomic mass is 10.1. The average Bonchev–Trinajstić information content (AvgIpc) is 2.71. The zero-order chi connectivity index (χ0) is 9.10. The smallest absolute Gasteiger partial charge is 0.225 e. The molecule has 0 saturated heterocycles. The van der Waals surface area contributed by atoms with E-state index in [0.29, 0.717) is 11.5 Å². The van der Waals surface area contributed by atoms with Crippen molar-refractivity contribution < 1.29 is 4.42 Å². The van der Waals surface area contributed by atoms with Gasteiger partial charge in [-0.2, -0.15) is 5.26 Å². The van der Waals surface area contributed by atoms with E-state index in [2.05, 4.69) is 11.1 Å². The van der Waals surface area contributed by atoms with Crippen LogP contribution in [0.2, 0.25) is 0 Å².